The van der Waals surface area contributed by atoms with Crippen molar-refractivity contribution in [1.29, 1.82) is 0 Å². The first kappa shape index (κ1) is 18.0. The van der Waals surface area contributed by atoms with E-state index in [1.165, 1.54) is 0 Å². The second-order valence-corrected chi connectivity index (χ2v) is 5.88. The number of hydrogen-bond donors (Lipinski definition) is 2. The van der Waals surface area contributed by atoms with Crippen molar-refractivity contribution in [3.8, 4) is 0 Å². The number of carbonyl (C=O) groups is 1. The topological polar surface area (TPSA) is 53.5 Å². The van der Waals surface area contributed by atoms with Crippen LogP contribution in [-0.4, -0.2) is 18.2 Å². The molecular weight excluding hydrogens is 322 g/mol. The molecule has 0 atom stereocenters. The van der Waals surface area contributed by atoms with Crippen molar-refractivity contribution in [3.63, 3.8) is 0 Å². The van der Waals surface area contributed by atoms with Gasteiger partial charge in [0.05, 0.1) is 12.3 Å². The molecular formula is C19H22ClN3O. The highest BCUT2D eigenvalue weighted by molar-refractivity contribution is 6.31. The number of halogens is 1. The van der Waals surface area contributed by atoms with E-state index < -0.39 is 0 Å². The lowest BCUT2D eigenvalue weighted by molar-refractivity contribution is -0.119. The van der Waals surface area contributed by atoms with Gasteiger partial charge in [0.2, 0.25) is 0 Å². The van der Waals surface area contributed by atoms with Crippen LogP contribution in [0.5, 0.6) is 0 Å². The van der Waals surface area contributed by atoms with E-state index in [-0.39, 0.29) is 12.5 Å². The van der Waals surface area contributed by atoms with Crippen molar-refractivity contribution in [2.24, 2.45) is 5.10 Å². The molecule has 126 valence electrons. The summed E-state index contributed by atoms with van der Waals surface area (Å²) in [5.41, 5.74) is 6.30. The summed E-state index contributed by atoms with van der Waals surface area (Å²) in [7, 11) is 0. The molecule has 2 aromatic carbocycles. The van der Waals surface area contributed by atoms with Gasteiger partial charge in [-0.05, 0) is 36.6 Å². The van der Waals surface area contributed by atoms with Gasteiger partial charge in [0, 0.05) is 10.7 Å². The molecule has 0 fully saturated rings. The van der Waals surface area contributed by atoms with E-state index in [0.29, 0.717) is 5.02 Å². The van der Waals surface area contributed by atoms with Crippen LogP contribution >= 0.6 is 11.6 Å². The fraction of sp³-hybridized carbons (Fsp3) is 0.263. The monoisotopic (exact) mass is 343 g/mol. The van der Waals surface area contributed by atoms with E-state index in [1.807, 2.05) is 55.5 Å². The van der Waals surface area contributed by atoms with Crippen molar-refractivity contribution in [3.05, 3.63) is 64.7 Å². The molecule has 0 saturated heterocycles. The van der Waals surface area contributed by atoms with E-state index in [0.717, 1.165) is 35.4 Å². The Morgan fingerprint density at radius 3 is 2.58 bits per heavy atom. The zero-order valence-corrected chi connectivity index (χ0v) is 14.7. The van der Waals surface area contributed by atoms with Gasteiger partial charge in [0.15, 0.2) is 0 Å². The van der Waals surface area contributed by atoms with Gasteiger partial charge in [-0.1, -0.05) is 61.3 Å². The van der Waals surface area contributed by atoms with Crippen molar-refractivity contribution >= 4 is 28.9 Å². The Bertz CT molecular complexity index is 714. The molecule has 24 heavy (non-hydrogen) atoms. The lowest BCUT2D eigenvalue weighted by Crippen LogP contribution is -2.27. The highest BCUT2D eigenvalue weighted by Gasteiger charge is 2.06. The number of carbonyl (C=O) groups excluding carboxylic acids is 1. The fourth-order valence-corrected chi connectivity index (χ4v) is 2.45. The lowest BCUT2D eigenvalue weighted by atomic mass is 10.1. The number of nitrogens with one attached hydrogen (secondary N) is 2. The Balaban J connectivity index is 1.96. The van der Waals surface area contributed by atoms with Crippen molar-refractivity contribution in [2.75, 3.05) is 11.9 Å². The van der Waals surface area contributed by atoms with E-state index in [4.69, 9.17) is 11.6 Å². The highest BCUT2D eigenvalue weighted by atomic mass is 35.5. The maximum Gasteiger partial charge on any atom is 0.259 e. The Hall–Kier alpha value is -2.33. The summed E-state index contributed by atoms with van der Waals surface area (Å²) in [4.78, 5) is 12.0. The molecule has 1 amide bonds. The predicted octanol–water partition coefficient (Wildman–Crippen LogP) is 4.38. The van der Waals surface area contributed by atoms with E-state index in [1.54, 1.807) is 0 Å². The molecule has 0 spiro atoms. The van der Waals surface area contributed by atoms with Gasteiger partial charge in [0.1, 0.15) is 0 Å². The SMILES string of the molecule is CCCC(=NNC(=O)CNc1cccc(Cl)c1C)c1ccccc1. The average Bonchev–Trinajstić information content (AvgIpc) is 2.60. The quantitative estimate of drug-likeness (QED) is 0.579. The van der Waals surface area contributed by atoms with E-state index >= 15 is 0 Å². The van der Waals surface area contributed by atoms with Gasteiger partial charge in [-0.3, -0.25) is 4.79 Å². The Morgan fingerprint density at radius 1 is 1.12 bits per heavy atom. The molecule has 0 bridgehead atoms. The highest BCUT2D eigenvalue weighted by Crippen LogP contribution is 2.22. The molecule has 5 heteroatoms. The molecule has 0 aliphatic heterocycles. The van der Waals surface area contributed by atoms with Crippen LogP contribution in [0.4, 0.5) is 5.69 Å². The Labute approximate surface area is 147 Å². The first-order valence-corrected chi connectivity index (χ1v) is 8.39. The van der Waals surface area contributed by atoms with Crippen molar-refractivity contribution in [1.82, 2.24) is 5.43 Å². The summed E-state index contributed by atoms with van der Waals surface area (Å²) >= 11 is 6.07. The second kappa shape index (κ2) is 9.08. The lowest BCUT2D eigenvalue weighted by Gasteiger charge is -2.10. The molecule has 0 heterocycles. The largest absolute Gasteiger partial charge is 0.376 e. The summed E-state index contributed by atoms with van der Waals surface area (Å²) in [6.45, 7) is 4.14. The van der Waals surface area contributed by atoms with Crippen molar-refractivity contribution < 1.29 is 4.79 Å². The molecule has 4 nitrogen and oxygen atoms in total. The first-order chi connectivity index (χ1) is 11.6. The first-order valence-electron chi connectivity index (χ1n) is 8.01. The van der Waals surface area contributed by atoms with Crippen LogP contribution in [0.25, 0.3) is 0 Å². The van der Waals surface area contributed by atoms with Gasteiger partial charge in [0.25, 0.3) is 5.91 Å². The standard InChI is InChI=1S/C19H22ClN3O/c1-3-8-18(15-9-5-4-6-10-15)22-23-19(24)13-21-17-12-7-11-16(20)14(17)2/h4-7,9-12,21H,3,8,13H2,1-2H3,(H,23,24). The number of amides is 1. The molecule has 0 aliphatic rings. The fourth-order valence-electron chi connectivity index (χ4n) is 2.28. The minimum atomic E-state index is -0.195. The van der Waals surface area contributed by atoms with Gasteiger partial charge in [-0.2, -0.15) is 5.10 Å². The summed E-state index contributed by atoms with van der Waals surface area (Å²) < 4.78 is 0. The molecule has 0 radical (unpaired) electrons. The van der Waals surface area contributed by atoms with Crippen LogP contribution < -0.4 is 10.7 Å². The molecule has 0 aliphatic carbocycles. The number of benzene rings is 2. The summed E-state index contributed by atoms with van der Waals surface area (Å²) in [5, 5.41) is 8.04. The van der Waals surface area contributed by atoms with Crippen LogP contribution in [0, 0.1) is 6.92 Å². The molecule has 2 rings (SSSR count). The van der Waals surface area contributed by atoms with Gasteiger partial charge < -0.3 is 5.32 Å². The van der Waals surface area contributed by atoms with E-state index in [2.05, 4.69) is 22.8 Å². The molecule has 2 N–H and O–H groups in total. The number of rotatable bonds is 7. The van der Waals surface area contributed by atoms with E-state index in [9.17, 15) is 4.79 Å². The average molecular weight is 344 g/mol. The Kier molecular flexibility index (Phi) is 6.82. The number of nitrogens with zero attached hydrogens (tertiary/aromatic N) is 1. The summed E-state index contributed by atoms with van der Waals surface area (Å²) in [6.07, 6.45) is 1.77. The smallest absolute Gasteiger partial charge is 0.259 e. The van der Waals surface area contributed by atoms with Crippen LogP contribution in [0.3, 0.4) is 0 Å². The normalized spacial score (nSPS) is 11.2. The number of hydrogen-bond acceptors (Lipinski definition) is 3. The van der Waals surface area contributed by atoms with Gasteiger partial charge in [-0.15, -0.1) is 0 Å². The third kappa shape index (κ3) is 5.10. The van der Waals surface area contributed by atoms with Crippen LogP contribution in [0.15, 0.2) is 53.6 Å². The third-order valence-corrected chi connectivity index (χ3v) is 4.03. The molecule has 0 saturated carbocycles. The van der Waals surface area contributed by atoms with Gasteiger partial charge in [-0.25, -0.2) is 5.43 Å². The van der Waals surface area contributed by atoms with Crippen LogP contribution in [-0.2, 0) is 4.79 Å². The minimum absolute atomic E-state index is 0.138. The zero-order chi connectivity index (χ0) is 17.4. The van der Waals surface area contributed by atoms with Crippen LogP contribution in [0.2, 0.25) is 5.02 Å². The third-order valence-electron chi connectivity index (χ3n) is 3.62. The molecule has 2 aromatic rings. The van der Waals surface area contributed by atoms with Crippen molar-refractivity contribution in [2.45, 2.75) is 26.7 Å². The molecule has 0 unspecified atom stereocenters. The second-order valence-electron chi connectivity index (χ2n) is 5.48. The number of anilines is 1. The zero-order valence-electron chi connectivity index (χ0n) is 14.0. The molecule has 0 aromatic heterocycles. The van der Waals surface area contributed by atoms with Gasteiger partial charge >= 0.3 is 0 Å². The Morgan fingerprint density at radius 2 is 1.88 bits per heavy atom. The predicted molar refractivity (Wildman–Crippen MR) is 101 cm³/mol. The number of hydrazone groups is 1. The maximum atomic E-state index is 12.0. The summed E-state index contributed by atoms with van der Waals surface area (Å²) in [6, 6.07) is 15.4. The minimum Gasteiger partial charge on any atom is -0.376 e. The van der Waals surface area contributed by atoms with Crippen LogP contribution in [0.1, 0.15) is 30.9 Å². The summed E-state index contributed by atoms with van der Waals surface area (Å²) in [5.74, 6) is -0.195. The maximum absolute atomic E-state index is 12.0.